The normalized spacial score (nSPS) is 14.8. The van der Waals surface area contributed by atoms with Gasteiger partial charge >= 0.3 is 5.97 Å². The van der Waals surface area contributed by atoms with Crippen molar-refractivity contribution in [1.29, 1.82) is 0 Å². The Bertz CT molecular complexity index is 1310. The first-order chi connectivity index (χ1) is 17.3. The molecule has 3 heterocycles. The lowest BCUT2D eigenvalue weighted by Crippen LogP contribution is -2.30. The molecule has 11 heteroatoms. The van der Waals surface area contributed by atoms with Crippen LogP contribution in [0, 0.1) is 0 Å². The van der Waals surface area contributed by atoms with Gasteiger partial charge in [-0.15, -0.1) is 0 Å². The maximum atomic E-state index is 13.1. The number of carbonyl (C=O) groups is 1. The van der Waals surface area contributed by atoms with E-state index in [0.29, 0.717) is 32.6 Å². The third-order valence-corrected chi connectivity index (χ3v) is 7.89. The zero-order chi connectivity index (χ0) is 25.7. The number of hydrogen-bond acceptors (Lipinski definition) is 7. The van der Waals surface area contributed by atoms with Crippen LogP contribution >= 0.6 is 0 Å². The monoisotopic (exact) mass is 515 g/mol. The number of nitrogens with zero attached hydrogens (tertiary/aromatic N) is 3. The fourth-order valence-electron chi connectivity index (χ4n) is 4.44. The molecule has 10 nitrogen and oxygen atoms in total. The van der Waals surface area contributed by atoms with Crippen LogP contribution in [-0.2, 0) is 45.5 Å². The summed E-state index contributed by atoms with van der Waals surface area (Å²) in [5, 5.41) is 17.9. The minimum atomic E-state index is -3.80. The molecule has 0 radical (unpaired) electrons. The molecule has 1 saturated heterocycles. The van der Waals surface area contributed by atoms with Gasteiger partial charge in [-0.3, -0.25) is 4.79 Å². The lowest BCUT2D eigenvalue weighted by molar-refractivity contribution is -0.136. The number of rotatable bonds is 11. The molecule has 1 aromatic carbocycles. The van der Waals surface area contributed by atoms with Gasteiger partial charge in [0.15, 0.2) is 5.65 Å². The second-order valence-electron chi connectivity index (χ2n) is 8.86. The van der Waals surface area contributed by atoms with Gasteiger partial charge in [0.1, 0.15) is 0 Å². The van der Waals surface area contributed by atoms with Crippen LogP contribution in [-0.4, -0.2) is 53.5 Å². The van der Waals surface area contributed by atoms with Crippen LogP contribution in [0.15, 0.2) is 35.4 Å². The predicted octanol–water partition coefficient (Wildman–Crippen LogP) is 3.10. The van der Waals surface area contributed by atoms with Crippen LogP contribution in [0.4, 0.5) is 5.69 Å². The van der Waals surface area contributed by atoms with Crippen molar-refractivity contribution in [3.63, 3.8) is 0 Å². The van der Waals surface area contributed by atoms with E-state index in [2.05, 4.69) is 15.1 Å². The van der Waals surface area contributed by atoms with E-state index in [-0.39, 0.29) is 23.9 Å². The van der Waals surface area contributed by atoms with E-state index in [9.17, 15) is 13.2 Å². The fourth-order valence-corrected chi connectivity index (χ4v) is 5.43. The Kier molecular flexibility index (Phi) is 8.22. The van der Waals surface area contributed by atoms with Crippen molar-refractivity contribution in [3.05, 3.63) is 47.3 Å². The minimum absolute atomic E-state index is 0.00285. The van der Waals surface area contributed by atoms with E-state index in [0.717, 1.165) is 46.4 Å². The van der Waals surface area contributed by atoms with Crippen molar-refractivity contribution in [2.24, 2.45) is 0 Å². The molecule has 2 aromatic heterocycles. The van der Waals surface area contributed by atoms with Crippen molar-refractivity contribution >= 4 is 32.7 Å². The van der Waals surface area contributed by atoms with Crippen molar-refractivity contribution in [1.82, 2.24) is 19.5 Å². The SMILES string of the molecule is CCc1nc2c(cnn2CC)c(NC2CCOCC2)c1CNS(=O)(=O)c1ccc(CCC(=O)O)cc1. The van der Waals surface area contributed by atoms with E-state index in [1.165, 1.54) is 12.1 Å². The van der Waals surface area contributed by atoms with Gasteiger partial charge in [-0.1, -0.05) is 19.1 Å². The lowest BCUT2D eigenvalue weighted by atomic mass is 10.0. The maximum Gasteiger partial charge on any atom is 0.303 e. The number of carboxylic acid groups (broad SMARTS) is 1. The molecule has 4 rings (SSSR count). The Morgan fingerprint density at radius 3 is 2.56 bits per heavy atom. The first-order valence-corrected chi connectivity index (χ1v) is 13.8. The van der Waals surface area contributed by atoms with Gasteiger partial charge in [0.2, 0.25) is 10.0 Å². The molecule has 3 aromatic rings. The van der Waals surface area contributed by atoms with E-state index < -0.39 is 16.0 Å². The van der Waals surface area contributed by atoms with Crippen LogP contribution < -0.4 is 10.0 Å². The average Bonchev–Trinajstić information content (AvgIpc) is 3.30. The number of nitrogens with one attached hydrogen (secondary N) is 2. The number of hydrogen-bond donors (Lipinski definition) is 3. The second-order valence-corrected chi connectivity index (χ2v) is 10.6. The number of pyridine rings is 1. The summed E-state index contributed by atoms with van der Waals surface area (Å²) in [7, 11) is -3.80. The van der Waals surface area contributed by atoms with Gasteiger partial charge in [-0.2, -0.15) is 5.10 Å². The molecule has 0 saturated carbocycles. The molecule has 0 bridgehead atoms. The smallest absolute Gasteiger partial charge is 0.303 e. The summed E-state index contributed by atoms with van der Waals surface area (Å²) in [5.74, 6) is -0.889. The Balaban J connectivity index is 1.63. The highest BCUT2D eigenvalue weighted by molar-refractivity contribution is 7.89. The zero-order valence-corrected chi connectivity index (χ0v) is 21.5. The van der Waals surface area contributed by atoms with Gasteiger partial charge in [-0.25, -0.2) is 22.8 Å². The third-order valence-electron chi connectivity index (χ3n) is 6.48. The number of carboxylic acids is 1. The largest absolute Gasteiger partial charge is 0.481 e. The number of fused-ring (bicyclic) bond motifs is 1. The second kappa shape index (κ2) is 11.4. The third kappa shape index (κ3) is 5.85. The number of aryl methyl sites for hydroxylation is 3. The molecule has 3 N–H and O–H groups in total. The number of aliphatic carboxylic acids is 1. The molecule has 1 aliphatic heterocycles. The number of aromatic nitrogens is 3. The Labute approximate surface area is 211 Å². The molecular formula is C25H33N5O5S. The highest BCUT2D eigenvalue weighted by atomic mass is 32.2. The molecule has 1 fully saturated rings. The van der Waals surface area contributed by atoms with Crippen LogP contribution in [0.5, 0.6) is 0 Å². The fraction of sp³-hybridized carbons (Fsp3) is 0.480. The summed E-state index contributed by atoms with van der Waals surface area (Å²) in [5.41, 5.74) is 4.06. The average molecular weight is 516 g/mol. The molecule has 0 aliphatic carbocycles. The minimum Gasteiger partial charge on any atom is -0.481 e. The Morgan fingerprint density at radius 2 is 1.92 bits per heavy atom. The van der Waals surface area contributed by atoms with Crippen LogP contribution in [0.3, 0.4) is 0 Å². The summed E-state index contributed by atoms with van der Waals surface area (Å²) in [6.07, 6.45) is 4.51. The van der Waals surface area contributed by atoms with Crippen molar-refractivity contribution in [2.75, 3.05) is 18.5 Å². The van der Waals surface area contributed by atoms with Crippen molar-refractivity contribution in [2.45, 2.75) is 70.0 Å². The summed E-state index contributed by atoms with van der Waals surface area (Å²) in [4.78, 5) is 15.8. The maximum absolute atomic E-state index is 13.1. The molecule has 0 unspecified atom stereocenters. The van der Waals surface area contributed by atoms with Crippen LogP contribution in [0.2, 0.25) is 0 Å². The van der Waals surface area contributed by atoms with E-state index in [4.69, 9.17) is 14.8 Å². The standard InChI is InChI=1S/C25H33N5O5S/c1-3-22-20(16-27-36(33,34)19-8-5-17(6-9-19)7-10-23(31)32)24(28-18-11-13-35-14-12-18)21-15-26-30(4-2)25(21)29-22/h5-6,8-9,15,18,27H,3-4,7,10-14,16H2,1-2H3,(H,28,29)(H,31,32). The van der Waals surface area contributed by atoms with Gasteiger partial charge in [-0.05, 0) is 50.3 Å². The van der Waals surface area contributed by atoms with E-state index in [1.807, 2.05) is 18.5 Å². The molecule has 0 atom stereocenters. The van der Waals surface area contributed by atoms with E-state index in [1.54, 1.807) is 18.3 Å². The van der Waals surface area contributed by atoms with Gasteiger partial charge in [0.05, 0.1) is 22.2 Å². The number of anilines is 1. The highest BCUT2D eigenvalue weighted by Gasteiger charge is 2.23. The Hall–Kier alpha value is -3.02. The predicted molar refractivity (Wildman–Crippen MR) is 136 cm³/mol. The van der Waals surface area contributed by atoms with Crippen LogP contribution in [0.25, 0.3) is 11.0 Å². The number of sulfonamides is 1. The summed E-state index contributed by atoms with van der Waals surface area (Å²) in [6.45, 7) is 6.16. The molecule has 0 spiro atoms. The first-order valence-electron chi connectivity index (χ1n) is 12.3. The molecule has 36 heavy (non-hydrogen) atoms. The summed E-state index contributed by atoms with van der Waals surface area (Å²) < 4.78 is 36.3. The lowest BCUT2D eigenvalue weighted by Gasteiger charge is -2.26. The quantitative estimate of drug-likeness (QED) is 0.355. The molecule has 1 aliphatic rings. The highest BCUT2D eigenvalue weighted by Crippen LogP contribution is 2.31. The Morgan fingerprint density at radius 1 is 1.19 bits per heavy atom. The van der Waals surface area contributed by atoms with Crippen molar-refractivity contribution < 1.29 is 23.1 Å². The van der Waals surface area contributed by atoms with Gasteiger partial charge in [0.25, 0.3) is 0 Å². The van der Waals surface area contributed by atoms with E-state index >= 15 is 0 Å². The zero-order valence-electron chi connectivity index (χ0n) is 20.7. The van der Waals surface area contributed by atoms with Gasteiger partial charge < -0.3 is 15.2 Å². The molecule has 194 valence electrons. The summed E-state index contributed by atoms with van der Waals surface area (Å²) >= 11 is 0. The van der Waals surface area contributed by atoms with Crippen LogP contribution in [0.1, 0.15) is 49.9 Å². The summed E-state index contributed by atoms with van der Waals surface area (Å²) in [6, 6.07) is 6.54. The van der Waals surface area contributed by atoms with Crippen molar-refractivity contribution in [3.8, 4) is 0 Å². The first kappa shape index (κ1) is 26.1. The topological polar surface area (TPSA) is 135 Å². The molecular weight excluding hydrogens is 482 g/mol. The van der Waals surface area contributed by atoms with Gasteiger partial charge in [0, 0.05) is 50.0 Å². The number of ether oxygens (including phenoxy) is 1. The molecule has 0 amide bonds. The number of benzene rings is 1.